The second-order valence-electron chi connectivity index (χ2n) is 4.68. The molecule has 1 saturated heterocycles. The predicted octanol–water partition coefficient (Wildman–Crippen LogP) is 1.38. The first-order valence-electron chi connectivity index (χ1n) is 6.50. The molecule has 0 aliphatic carbocycles. The summed E-state index contributed by atoms with van der Waals surface area (Å²) in [6.07, 6.45) is 4.37. The second-order valence-corrected chi connectivity index (χ2v) is 6.69. The highest BCUT2D eigenvalue weighted by Crippen LogP contribution is 2.24. The maximum Gasteiger partial charge on any atom is 0.235 e. The van der Waals surface area contributed by atoms with Crippen LogP contribution in [0.1, 0.15) is 18.9 Å². The number of rotatable bonds is 4. The second kappa shape index (κ2) is 6.09. The lowest BCUT2D eigenvalue weighted by Crippen LogP contribution is -2.24. The van der Waals surface area contributed by atoms with Gasteiger partial charge in [0.2, 0.25) is 15.9 Å². The Labute approximate surface area is 119 Å². The number of benzene rings is 1. The van der Waals surface area contributed by atoms with Crippen LogP contribution in [0.2, 0.25) is 0 Å². The van der Waals surface area contributed by atoms with Gasteiger partial charge in [0.15, 0.2) is 0 Å². The summed E-state index contributed by atoms with van der Waals surface area (Å²) in [5.74, 6) is 0.141. The molecule has 1 aliphatic rings. The fraction of sp³-hybridized carbons (Fsp3) is 0.357. The normalized spacial score (nSPS) is 17.6. The molecular weight excluding hydrogens is 276 g/mol. The molecule has 1 fully saturated rings. The van der Waals surface area contributed by atoms with Crippen molar-refractivity contribution in [1.29, 1.82) is 0 Å². The molecular formula is C14H18N2O3S. The van der Waals surface area contributed by atoms with Gasteiger partial charge in [-0.15, -0.1) is 0 Å². The number of nitrogens with one attached hydrogen (secondary N) is 1. The molecule has 1 heterocycles. The lowest BCUT2D eigenvalue weighted by Gasteiger charge is -2.17. The Kier molecular flexibility index (Phi) is 4.44. The molecule has 1 N–H and O–H groups in total. The van der Waals surface area contributed by atoms with Gasteiger partial charge in [-0.2, -0.15) is 0 Å². The van der Waals surface area contributed by atoms with Gasteiger partial charge in [0.1, 0.15) is 0 Å². The summed E-state index contributed by atoms with van der Waals surface area (Å²) in [6.45, 7) is 2.47. The Morgan fingerprint density at radius 1 is 1.45 bits per heavy atom. The number of carbonyl (C=O) groups excluding carboxylic acids is 1. The topological polar surface area (TPSA) is 66.5 Å². The summed E-state index contributed by atoms with van der Waals surface area (Å²) in [5, 5.41) is 2.67. The molecule has 0 atom stereocenters. The maximum absolute atomic E-state index is 11.9. The molecule has 2 rings (SSSR count). The van der Waals surface area contributed by atoms with Crippen molar-refractivity contribution in [1.82, 2.24) is 5.32 Å². The lowest BCUT2D eigenvalue weighted by atomic mass is 10.2. The highest BCUT2D eigenvalue weighted by atomic mass is 32.2. The van der Waals surface area contributed by atoms with Crippen molar-refractivity contribution in [2.45, 2.75) is 13.3 Å². The number of sulfonamides is 1. The molecule has 5 nitrogen and oxygen atoms in total. The van der Waals surface area contributed by atoms with Crippen LogP contribution in [-0.2, 0) is 14.8 Å². The number of carbonyl (C=O) groups is 1. The van der Waals surface area contributed by atoms with Crippen LogP contribution in [0.25, 0.3) is 6.08 Å². The van der Waals surface area contributed by atoms with Gasteiger partial charge in [0, 0.05) is 20.0 Å². The lowest BCUT2D eigenvalue weighted by molar-refractivity contribution is -0.118. The molecule has 0 spiro atoms. The zero-order chi connectivity index (χ0) is 14.6. The van der Waals surface area contributed by atoms with Gasteiger partial charge in [-0.1, -0.05) is 24.3 Å². The Morgan fingerprint density at radius 3 is 2.90 bits per heavy atom. The van der Waals surface area contributed by atoms with Crippen LogP contribution in [0.3, 0.4) is 0 Å². The minimum Gasteiger partial charge on any atom is -0.353 e. The molecule has 108 valence electrons. The zero-order valence-electron chi connectivity index (χ0n) is 11.4. The predicted molar refractivity (Wildman–Crippen MR) is 79.9 cm³/mol. The molecule has 0 aromatic heterocycles. The molecule has 1 aromatic carbocycles. The fourth-order valence-electron chi connectivity index (χ4n) is 2.11. The van der Waals surface area contributed by atoms with Gasteiger partial charge < -0.3 is 5.32 Å². The monoisotopic (exact) mass is 294 g/mol. The van der Waals surface area contributed by atoms with Gasteiger partial charge in [-0.25, -0.2) is 8.42 Å². The number of hydrogen-bond donors (Lipinski definition) is 1. The van der Waals surface area contributed by atoms with Gasteiger partial charge >= 0.3 is 0 Å². The van der Waals surface area contributed by atoms with Crippen LogP contribution >= 0.6 is 0 Å². The standard InChI is InChI=1S/C14H18N2O3S/c1-12(17)15-8-3-6-13-5-2-7-14(11-13)16-9-4-10-20(16,18)19/h2-3,5-7,11H,4,8-10H2,1H3,(H,15,17). The van der Waals surface area contributed by atoms with E-state index >= 15 is 0 Å². The molecule has 0 radical (unpaired) electrons. The van der Waals surface area contributed by atoms with E-state index in [1.165, 1.54) is 11.2 Å². The van der Waals surface area contributed by atoms with Crippen molar-refractivity contribution in [2.75, 3.05) is 23.1 Å². The molecule has 0 saturated carbocycles. The Hall–Kier alpha value is -1.82. The first kappa shape index (κ1) is 14.6. The van der Waals surface area contributed by atoms with E-state index in [0.29, 0.717) is 25.2 Å². The largest absolute Gasteiger partial charge is 0.353 e. The van der Waals surface area contributed by atoms with Crippen molar-refractivity contribution in [3.05, 3.63) is 35.9 Å². The van der Waals surface area contributed by atoms with E-state index in [1.807, 2.05) is 30.4 Å². The first-order chi connectivity index (χ1) is 9.49. The van der Waals surface area contributed by atoms with E-state index in [1.54, 1.807) is 6.07 Å². The van der Waals surface area contributed by atoms with E-state index in [0.717, 1.165) is 5.56 Å². The highest BCUT2D eigenvalue weighted by molar-refractivity contribution is 7.93. The van der Waals surface area contributed by atoms with E-state index in [2.05, 4.69) is 5.32 Å². The van der Waals surface area contributed by atoms with Gasteiger partial charge in [-0.3, -0.25) is 9.10 Å². The fourth-order valence-corrected chi connectivity index (χ4v) is 3.67. The van der Waals surface area contributed by atoms with Crippen molar-refractivity contribution in [2.24, 2.45) is 0 Å². The maximum atomic E-state index is 11.9. The average Bonchev–Trinajstić information content (AvgIpc) is 2.74. The minimum absolute atomic E-state index is 0.0773. The van der Waals surface area contributed by atoms with Gasteiger partial charge in [0.25, 0.3) is 0 Å². The summed E-state index contributed by atoms with van der Waals surface area (Å²) in [5.41, 5.74) is 1.61. The Morgan fingerprint density at radius 2 is 2.25 bits per heavy atom. The number of nitrogens with zero attached hydrogens (tertiary/aromatic N) is 1. The summed E-state index contributed by atoms with van der Waals surface area (Å²) >= 11 is 0. The number of amides is 1. The molecule has 0 unspecified atom stereocenters. The van der Waals surface area contributed by atoms with Crippen LogP contribution in [0, 0.1) is 0 Å². The summed E-state index contributed by atoms with van der Waals surface area (Å²) in [4.78, 5) is 10.7. The number of hydrogen-bond acceptors (Lipinski definition) is 3. The van der Waals surface area contributed by atoms with E-state index in [9.17, 15) is 13.2 Å². The third-order valence-electron chi connectivity index (χ3n) is 3.04. The van der Waals surface area contributed by atoms with Crippen LogP contribution in [0.4, 0.5) is 5.69 Å². The first-order valence-corrected chi connectivity index (χ1v) is 8.11. The average molecular weight is 294 g/mol. The Balaban J connectivity index is 2.10. The van der Waals surface area contributed by atoms with Crippen LogP contribution in [0.15, 0.2) is 30.3 Å². The molecule has 0 bridgehead atoms. The minimum atomic E-state index is -3.14. The van der Waals surface area contributed by atoms with Crippen LogP contribution in [0.5, 0.6) is 0 Å². The molecule has 20 heavy (non-hydrogen) atoms. The highest BCUT2D eigenvalue weighted by Gasteiger charge is 2.28. The molecule has 1 amide bonds. The molecule has 1 aromatic rings. The van der Waals surface area contributed by atoms with Crippen molar-refractivity contribution in [3.8, 4) is 0 Å². The zero-order valence-corrected chi connectivity index (χ0v) is 12.2. The smallest absolute Gasteiger partial charge is 0.235 e. The quantitative estimate of drug-likeness (QED) is 0.912. The van der Waals surface area contributed by atoms with E-state index < -0.39 is 10.0 Å². The summed E-state index contributed by atoms with van der Waals surface area (Å²) < 4.78 is 25.2. The Bertz CT molecular complexity index is 623. The SMILES string of the molecule is CC(=O)NCC=Cc1cccc(N2CCCS2(=O)=O)c1. The van der Waals surface area contributed by atoms with Crippen LogP contribution < -0.4 is 9.62 Å². The van der Waals surface area contributed by atoms with Crippen LogP contribution in [-0.4, -0.2) is 33.2 Å². The summed E-state index contributed by atoms with van der Waals surface area (Å²) in [7, 11) is -3.14. The van der Waals surface area contributed by atoms with E-state index in [-0.39, 0.29) is 11.7 Å². The van der Waals surface area contributed by atoms with E-state index in [4.69, 9.17) is 0 Å². The number of anilines is 1. The van der Waals surface area contributed by atoms with Gasteiger partial charge in [0.05, 0.1) is 11.4 Å². The van der Waals surface area contributed by atoms with Crippen molar-refractivity contribution < 1.29 is 13.2 Å². The molecule has 6 heteroatoms. The van der Waals surface area contributed by atoms with Crippen molar-refractivity contribution in [3.63, 3.8) is 0 Å². The summed E-state index contributed by atoms with van der Waals surface area (Å²) in [6, 6.07) is 7.37. The third-order valence-corrected chi connectivity index (χ3v) is 4.91. The van der Waals surface area contributed by atoms with Gasteiger partial charge in [-0.05, 0) is 24.1 Å². The third kappa shape index (κ3) is 3.60. The van der Waals surface area contributed by atoms with Crippen molar-refractivity contribution >= 4 is 27.7 Å². The molecule has 1 aliphatic heterocycles.